The number of non-ortho nitro benzene ring substituents is 1. The second-order valence-electron chi connectivity index (χ2n) is 5.20. The maximum atomic E-state index is 12.0. The van der Waals surface area contributed by atoms with E-state index in [1.807, 2.05) is 31.2 Å². The molecule has 0 atom stereocenters. The number of methoxy groups -OCH3 is 1. The number of rotatable bonds is 7. The van der Waals surface area contributed by atoms with Gasteiger partial charge in [0.05, 0.1) is 24.3 Å². The Morgan fingerprint density at radius 2 is 2.00 bits per heavy atom. The zero-order valence-electron chi connectivity index (χ0n) is 13.5. The molecule has 0 spiro atoms. The molecule has 2 N–H and O–H groups in total. The fourth-order valence-corrected chi connectivity index (χ4v) is 2.19. The predicted molar refractivity (Wildman–Crippen MR) is 91.2 cm³/mol. The van der Waals surface area contributed by atoms with E-state index in [0.29, 0.717) is 18.0 Å². The van der Waals surface area contributed by atoms with Crippen molar-refractivity contribution in [1.82, 2.24) is 5.32 Å². The fraction of sp³-hybridized carbons (Fsp3) is 0.235. The first-order valence-electron chi connectivity index (χ1n) is 7.38. The second-order valence-corrected chi connectivity index (χ2v) is 5.20. The van der Waals surface area contributed by atoms with Crippen LogP contribution in [0.3, 0.4) is 0 Å². The zero-order valence-corrected chi connectivity index (χ0v) is 13.5. The third-order valence-corrected chi connectivity index (χ3v) is 3.57. The average Bonchev–Trinajstić information content (AvgIpc) is 2.58. The Morgan fingerprint density at radius 3 is 2.67 bits per heavy atom. The van der Waals surface area contributed by atoms with Gasteiger partial charge < -0.3 is 15.4 Å². The topological polar surface area (TPSA) is 93.5 Å². The molecule has 0 aliphatic heterocycles. The van der Waals surface area contributed by atoms with Crippen molar-refractivity contribution in [3.05, 3.63) is 63.7 Å². The molecule has 7 nitrogen and oxygen atoms in total. The Hall–Kier alpha value is -3.09. The van der Waals surface area contributed by atoms with Crippen LogP contribution in [0, 0.1) is 17.0 Å². The van der Waals surface area contributed by atoms with Gasteiger partial charge in [0.15, 0.2) is 0 Å². The van der Waals surface area contributed by atoms with Crippen LogP contribution >= 0.6 is 0 Å². The number of amides is 1. The minimum Gasteiger partial charge on any atom is -0.495 e. The van der Waals surface area contributed by atoms with Gasteiger partial charge in [0, 0.05) is 18.7 Å². The Kier molecular flexibility index (Phi) is 5.73. The lowest BCUT2D eigenvalue weighted by molar-refractivity contribution is -0.384. The third-order valence-electron chi connectivity index (χ3n) is 3.57. The number of benzene rings is 2. The summed E-state index contributed by atoms with van der Waals surface area (Å²) in [5.74, 6) is 0.221. The molecule has 1 amide bonds. The van der Waals surface area contributed by atoms with Crippen LogP contribution in [0.25, 0.3) is 0 Å². The molecular weight excluding hydrogens is 310 g/mol. The van der Waals surface area contributed by atoms with E-state index in [1.54, 1.807) is 0 Å². The molecule has 2 aromatic rings. The summed E-state index contributed by atoms with van der Waals surface area (Å²) in [4.78, 5) is 22.3. The summed E-state index contributed by atoms with van der Waals surface area (Å²) in [5, 5.41) is 16.5. The van der Waals surface area contributed by atoms with E-state index in [9.17, 15) is 14.9 Å². The van der Waals surface area contributed by atoms with Gasteiger partial charge in [0.1, 0.15) is 5.75 Å². The smallest absolute Gasteiger partial charge is 0.271 e. The fourth-order valence-electron chi connectivity index (χ4n) is 2.19. The van der Waals surface area contributed by atoms with Crippen LogP contribution in [0.4, 0.5) is 11.4 Å². The summed E-state index contributed by atoms with van der Waals surface area (Å²) in [6.45, 7) is 2.40. The van der Waals surface area contributed by atoms with Crippen molar-refractivity contribution in [2.45, 2.75) is 13.5 Å². The first-order chi connectivity index (χ1) is 11.5. The highest BCUT2D eigenvalue weighted by molar-refractivity contribution is 5.81. The standard InChI is InChI=1S/C17H19N3O4/c1-12-5-3-4-6-13(12)10-19-17(21)11-18-15-9-14(20(22)23)7-8-16(15)24-2/h3-9,18H,10-11H2,1-2H3,(H,19,21). The Bertz CT molecular complexity index is 746. The van der Waals surface area contributed by atoms with Crippen molar-refractivity contribution in [1.29, 1.82) is 0 Å². The highest BCUT2D eigenvalue weighted by atomic mass is 16.6. The number of hydrogen-bond acceptors (Lipinski definition) is 5. The van der Waals surface area contributed by atoms with Crippen LogP contribution in [0.1, 0.15) is 11.1 Å². The monoisotopic (exact) mass is 329 g/mol. The van der Waals surface area contributed by atoms with E-state index < -0.39 is 4.92 Å². The summed E-state index contributed by atoms with van der Waals surface area (Å²) in [7, 11) is 1.46. The molecule has 0 unspecified atom stereocenters. The Balaban J connectivity index is 1.95. The molecule has 0 bridgehead atoms. The third kappa shape index (κ3) is 4.45. The van der Waals surface area contributed by atoms with Crippen LogP contribution in [-0.4, -0.2) is 24.5 Å². The van der Waals surface area contributed by atoms with Crippen molar-refractivity contribution in [3.8, 4) is 5.75 Å². The van der Waals surface area contributed by atoms with Crippen LogP contribution in [-0.2, 0) is 11.3 Å². The summed E-state index contributed by atoms with van der Waals surface area (Å²) in [6.07, 6.45) is 0. The molecule has 0 aromatic heterocycles. The van der Waals surface area contributed by atoms with Crippen LogP contribution < -0.4 is 15.4 Å². The second kappa shape index (κ2) is 7.96. The molecule has 7 heteroatoms. The van der Waals surface area contributed by atoms with E-state index in [4.69, 9.17) is 4.74 Å². The van der Waals surface area contributed by atoms with Crippen molar-refractivity contribution in [2.24, 2.45) is 0 Å². The maximum Gasteiger partial charge on any atom is 0.271 e. The molecule has 2 rings (SSSR count). The van der Waals surface area contributed by atoms with Crippen molar-refractivity contribution in [2.75, 3.05) is 19.0 Å². The van der Waals surface area contributed by atoms with Crippen LogP contribution in [0.15, 0.2) is 42.5 Å². The van der Waals surface area contributed by atoms with Gasteiger partial charge in [-0.05, 0) is 24.1 Å². The molecule has 0 heterocycles. The van der Waals surface area contributed by atoms with Gasteiger partial charge in [-0.25, -0.2) is 0 Å². The van der Waals surface area contributed by atoms with Crippen LogP contribution in [0.2, 0.25) is 0 Å². The van der Waals surface area contributed by atoms with Gasteiger partial charge in [-0.2, -0.15) is 0 Å². The number of nitrogens with zero attached hydrogens (tertiary/aromatic N) is 1. The highest BCUT2D eigenvalue weighted by Gasteiger charge is 2.12. The zero-order chi connectivity index (χ0) is 17.5. The molecular formula is C17H19N3O4. The minimum atomic E-state index is -0.497. The molecule has 0 saturated carbocycles. The summed E-state index contributed by atoms with van der Waals surface area (Å²) in [5.41, 5.74) is 2.47. The van der Waals surface area contributed by atoms with Crippen molar-refractivity contribution < 1.29 is 14.5 Å². The molecule has 0 aliphatic rings. The minimum absolute atomic E-state index is 0.0105. The Morgan fingerprint density at radius 1 is 1.25 bits per heavy atom. The number of carbonyl (C=O) groups is 1. The normalized spacial score (nSPS) is 10.1. The summed E-state index contributed by atoms with van der Waals surface area (Å²) < 4.78 is 5.14. The van der Waals surface area contributed by atoms with E-state index >= 15 is 0 Å². The number of carbonyl (C=O) groups excluding carboxylic acids is 1. The highest BCUT2D eigenvalue weighted by Crippen LogP contribution is 2.28. The first kappa shape index (κ1) is 17.3. The number of nitrogens with one attached hydrogen (secondary N) is 2. The SMILES string of the molecule is COc1ccc([N+](=O)[O-])cc1NCC(=O)NCc1ccccc1C. The van der Waals surface area contributed by atoms with E-state index in [1.165, 1.54) is 25.3 Å². The summed E-state index contributed by atoms with van der Waals surface area (Å²) in [6, 6.07) is 12.0. The largest absolute Gasteiger partial charge is 0.495 e. The lowest BCUT2D eigenvalue weighted by Crippen LogP contribution is -2.29. The van der Waals surface area contributed by atoms with E-state index in [0.717, 1.165) is 11.1 Å². The number of nitro groups is 1. The van der Waals surface area contributed by atoms with E-state index in [-0.39, 0.29) is 18.1 Å². The van der Waals surface area contributed by atoms with Gasteiger partial charge in [0.2, 0.25) is 5.91 Å². The molecule has 0 fully saturated rings. The maximum absolute atomic E-state index is 12.0. The molecule has 0 radical (unpaired) electrons. The lowest BCUT2D eigenvalue weighted by atomic mass is 10.1. The number of ether oxygens (including phenoxy) is 1. The van der Waals surface area contributed by atoms with E-state index in [2.05, 4.69) is 10.6 Å². The van der Waals surface area contributed by atoms with Crippen molar-refractivity contribution >= 4 is 17.3 Å². The molecule has 0 saturated heterocycles. The number of aryl methyl sites for hydroxylation is 1. The van der Waals surface area contributed by atoms with Crippen molar-refractivity contribution in [3.63, 3.8) is 0 Å². The number of anilines is 1. The van der Waals surface area contributed by atoms with Crippen LogP contribution in [0.5, 0.6) is 5.75 Å². The molecule has 24 heavy (non-hydrogen) atoms. The summed E-state index contributed by atoms with van der Waals surface area (Å²) >= 11 is 0. The molecule has 126 valence electrons. The number of nitro benzene ring substituents is 1. The van der Waals surface area contributed by atoms with Gasteiger partial charge in [-0.15, -0.1) is 0 Å². The van der Waals surface area contributed by atoms with Gasteiger partial charge >= 0.3 is 0 Å². The number of hydrogen-bond donors (Lipinski definition) is 2. The van der Waals surface area contributed by atoms with Gasteiger partial charge in [-0.1, -0.05) is 24.3 Å². The Labute approximate surface area is 139 Å². The van der Waals surface area contributed by atoms with Gasteiger partial charge in [0.25, 0.3) is 5.69 Å². The molecule has 2 aromatic carbocycles. The molecule has 0 aliphatic carbocycles. The lowest BCUT2D eigenvalue weighted by Gasteiger charge is -2.12. The average molecular weight is 329 g/mol. The predicted octanol–water partition coefficient (Wildman–Crippen LogP) is 2.64. The van der Waals surface area contributed by atoms with Gasteiger partial charge in [-0.3, -0.25) is 14.9 Å². The quantitative estimate of drug-likeness (QED) is 0.601. The first-order valence-corrected chi connectivity index (χ1v) is 7.38.